The zero-order valence-corrected chi connectivity index (χ0v) is 14.7. The van der Waals surface area contributed by atoms with Crippen molar-refractivity contribution in [3.05, 3.63) is 71.8 Å². The van der Waals surface area contributed by atoms with Gasteiger partial charge >= 0.3 is 0 Å². The zero-order chi connectivity index (χ0) is 17.1. The summed E-state index contributed by atoms with van der Waals surface area (Å²) in [5.74, 6) is 0. The van der Waals surface area contributed by atoms with Crippen molar-refractivity contribution >= 4 is 22.1 Å². The molecule has 1 aliphatic heterocycles. The lowest BCUT2D eigenvalue weighted by Gasteiger charge is -2.30. The van der Waals surface area contributed by atoms with Crippen LogP contribution in [0.3, 0.4) is 0 Å². The molecule has 0 unspecified atom stereocenters. The highest BCUT2D eigenvalue weighted by molar-refractivity contribution is 5.85. The Labute approximate surface area is 149 Å². The fourth-order valence-corrected chi connectivity index (χ4v) is 3.49. The van der Waals surface area contributed by atoms with Crippen LogP contribution >= 0.6 is 0 Å². The Morgan fingerprint density at radius 1 is 0.920 bits per heavy atom. The van der Waals surface area contributed by atoms with E-state index in [1.165, 1.54) is 27.6 Å². The number of morpholine rings is 1. The third kappa shape index (κ3) is 3.62. The summed E-state index contributed by atoms with van der Waals surface area (Å²) in [6, 6.07) is 21.8. The minimum Gasteiger partial charge on any atom is -0.381 e. The highest BCUT2D eigenvalue weighted by Crippen LogP contribution is 2.23. The number of ether oxygens (including phenoxy) is 1. The fraction of sp³-hybridized carbons (Fsp3) is 0.273. The highest BCUT2D eigenvalue weighted by atomic mass is 16.5. The summed E-state index contributed by atoms with van der Waals surface area (Å²) in [4.78, 5) is 2.42. The maximum Gasteiger partial charge on any atom is 0.0642 e. The third-order valence-corrected chi connectivity index (χ3v) is 4.86. The van der Waals surface area contributed by atoms with Gasteiger partial charge in [0.05, 0.1) is 13.2 Å². The standard InChI is InChI=1S/C22H24N2O/c1-17-14-18(6-9-22(17)24-10-12-25-13-11-24)16-23-21-8-7-19-4-2-3-5-20(19)15-21/h2-9,14-15,23H,10-13,16H2,1H3. The van der Waals surface area contributed by atoms with Gasteiger partial charge in [0.1, 0.15) is 0 Å². The van der Waals surface area contributed by atoms with E-state index in [2.05, 4.69) is 77.8 Å². The summed E-state index contributed by atoms with van der Waals surface area (Å²) in [6.07, 6.45) is 0. The molecule has 3 nitrogen and oxygen atoms in total. The quantitative estimate of drug-likeness (QED) is 0.756. The van der Waals surface area contributed by atoms with E-state index in [-0.39, 0.29) is 0 Å². The molecule has 0 radical (unpaired) electrons. The third-order valence-electron chi connectivity index (χ3n) is 4.86. The second-order valence-electron chi connectivity index (χ2n) is 6.64. The first-order valence-electron chi connectivity index (χ1n) is 8.94. The van der Waals surface area contributed by atoms with Crippen LogP contribution in [0.15, 0.2) is 60.7 Å². The highest BCUT2D eigenvalue weighted by Gasteiger charge is 2.13. The number of anilines is 2. The molecule has 0 aliphatic carbocycles. The smallest absolute Gasteiger partial charge is 0.0642 e. The summed E-state index contributed by atoms with van der Waals surface area (Å²) < 4.78 is 5.45. The van der Waals surface area contributed by atoms with Crippen molar-refractivity contribution in [2.75, 3.05) is 36.5 Å². The molecule has 3 heteroatoms. The molecule has 128 valence electrons. The average molecular weight is 332 g/mol. The van der Waals surface area contributed by atoms with E-state index in [0.717, 1.165) is 38.5 Å². The molecule has 0 aromatic heterocycles. The summed E-state index contributed by atoms with van der Waals surface area (Å²) in [6.45, 7) is 6.65. The Hall–Kier alpha value is -2.52. The topological polar surface area (TPSA) is 24.5 Å². The van der Waals surface area contributed by atoms with E-state index >= 15 is 0 Å². The molecular weight excluding hydrogens is 308 g/mol. The van der Waals surface area contributed by atoms with Gasteiger partial charge in [-0.05, 0) is 47.0 Å². The van der Waals surface area contributed by atoms with Crippen LogP contribution in [0.5, 0.6) is 0 Å². The van der Waals surface area contributed by atoms with Crippen LogP contribution in [0.2, 0.25) is 0 Å². The zero-order valence-electron chi connectivity index (χ0n) is 14.7. The van der Waals surface area contributed by atoms with Gasteiger partial charge in [0, 0.05) is 31.0 Å². The molecule has 0 spiro atoms. The van der Waals surface area contributed by atoms with Gasteiger partial charge in [-0.1, -0.05) is 42.5 Å². The molecule has 0 bridgehead atoms. The lowest BCUT2D eigenvalue weighted by atomic mass is 10.1. The summed E-state index contributed by atoms with van der Waals surface area (Å²) in [5, 5.41) is 6.09. The minimum atomic E-state index is 0.824. The van der Waals surface area contributed by atoms with E-state index in [9.17, 15) is 0 Å². The Morgan fingerprint density at radius 3 is 2.52 bits per heavy atom. The Kier molecular flexibility index (Phi) is 4.57. The maximum atomic E-state index is 5.45. The molecule has 0 amide bonds. The first kappa shape index (κ1) is 16.0. The van der Waals surface area contributed by atoms with Crippen LogP contribution in [0.4, 0.5) is 11.4 Å². The Bertz CT molecular complexity index is 869. The van der Waals surface area contributed by atoms with Crippen molar-refractivity contribution in [2.45, 2.75) is 13.5 Å². The molecule has 3 aromatic carbocycles. The summed E-state index contributed by atoms with van der Waals surface area (Å²) in [5.41, 5.74) is 5.13. The molecule has 0 atom stereocenters. The monoisotopic (exact) mass is 332 g/mol. The van der Waals surface area contributed by atoms with Crippen LogP contribution in [0, 0.1) is 6.92 Å². The first-order chi connectivity index (χ1) is 12.3. The number of benzene rings is 3. The van der Waals surface area contributed by atoms with Gasteiger partial charge in [-0.3, -0.25) is 0 Å². The molecule has 1 N–H and O–H groups in total. The predicted octanol–water partition coefficient (Wildman–Crippen LogP) is 4.60. The Balaban J connectivity index is 1.45. The molecule has 1 saturated heterocycles. The van der Waals surface area contributed by atoms with Crippen molar-refractivity contribution in [1.82, 2.24) is 0 Å². The van der Waals surface area contributed by atoms with Gasteiger partial charge in [-0.2, -0.15) is 0 Å². The van der Waals surface area contributed by atoms with Crippen LogP contribution in [-0.4, -0.2) is 26.3 Å². The first-order valence-corrected chi connectivity index (χ1v) is 8.94. The van der Waals surface area contributed by atoms with Gasteiger partial charge in [0.2, 0.25) is 0 Å². The number of rotatable bonds is 4. The van der Waals surface area contributed by atoms with Gasteiger partial charge in [-0.25, -0.2) is 0 Å². The summed E-state index contributed by atoms with van der Waals surface area (Å²) in [7, 11) is 0. The fourth-order valence-electron chi connectivity index (χ4n) is 3.49. The molecule has 0 saturated carbocycles. The lowest BCUT2D eigenvalue weighted by molar-refractivity contribution is 0.122. The van der Waals surface area contributed by atoms with E-state index in [4.69, 9.17) is 4.74 Å². The van der Waals surface area contributed by atoms with E-state index in [1.807, 2.05) is 0 Å². The van der Waals surface area contributed by atoms with Gasteiger partial charge < -0.3 is 15.0 Å². The number of fused-ring (bicyclic) bond motifs is 1. The van der Waals surface area contributed by atoms with Crippen LogP contribution in [0.1, 0.15) is 11.1 Å². The van der Waals surface area contributed by atoms with Crippen LogP contribution in [0.25, 0.3) is 10.8 Å². The van der Waals surface area contributed by atoms with E-state index in [1.54, 1.807) is 0 Å². The number of hydrogen-bond acceptors (Lipinski definition) is 3. The van der Waals surface area contributed by atoms with Gasteiger partial charge in [0.15, 0.2) is 0 Å². The van der Waals surface area contributed by atoms with Gasteiger partial charge in [-0.15, -0.1) is 0 Å². The molecule has 3 aromatic rings. The number of nitrogens with zero attached hydrogens (tertiary/aromatic N) is 1. The number of hydrogen-bond donors (Lipinski definition) is 1. The van der Waals surface area contributed by atoms with Crippen molar-refractivity contribution in [2.24, 2.45) is 0 Å². The van der Waals surface area contributed by atoms with E-state index in [0.29, 0.717) is 0 Å². The number of nitrogens with one attached hydrogen (secondary N) is 1. The lowest BCUT2D eigenvalue weighted by Crippen LogP contribution is -2.36. The van der Waals surface area contributed by atoms with Gasteiger partial charge in [0.25, 0.3) is 0 Å². The minimum absolute atomic E-state index is 0.824. The Morgan fingerprint density at radius 2 is 1.72 bits per heavy atom. The van der Waals surface area contributed by atoms with Crippen molar-refractivity contribution in [3.8, 4) is 0 Å². The summed E-state index contributed by atoms with van der Waals surface area (Å²) >= 11 is 0. The maximum absolute atomic E-state index is 5.45. The SMILES string of the molecule is Cc1cc(CNc2ccc3ccccc3c2)ccc1N1CCOCC1. The molecular formula is C22H24N2O. The second kappa shape index (κ2) is 7.16. The van der Waals surface area contributed by atoms with Crippen molar-refractivity contribution in [3.63, 3.8) is 0 Å². The molecule has 1 heterocycles. The van der Waals surface area contributed by atoms with Crippen LogP contribution < -0.4 is 10.2 Å². The molecule has 25 heavy (non-hydrogen) atoms. The van der Waals surface area contributed by atoms with Crippen molar-refractivity contribution < 1.29 is 4.74 Å². The van der Waals surface area contributed by atoms with Crippen molar-refractivity contribution in [1.29, 1.82) is 0 Å². The number of aryl methyl sites for hydroxylation is 1. The molecule has 1 aliphatic rings. The normalized spacial score (nSPS) is 14.7. The predicted molar refractivity (Wildman–Crippen MR) is 105 cm³/mol. The molecule has 4 rings (SSSR count). The largest absolute Gasteiger partial charge is 0.381 e. The van der Waals surface area contributed by atoms with Crippen LogP contribution in [-0.2, 0) is 11.3 Å². The van der Waals surface area contributed by atoms with E-state index < -0.39 is 0 Å². The average Bonchev–Trinajstić information content (AvgIpc) is 2.67. The second-order valence-corrected chi connectivity index (χ2v) is 6.64. The molecule has 1 fully saturated rings.